The molecule has 1 N–H and O–H groups in total. The van der Waals surface area contributed by atoms with Crippen molar-refractivity contribution in [3.63, 3.8) is 0 Å². The highest BCUT2D eigenvalue weighted by molar-refractivity contribution is 5.75. The maximum absolute atomic E-state index is 4.76. The van der Waals surface area contributed by atoms with Gasteiger partial charge in [-0.1, -0.05) is 24.3 Å². The van der Waals surface area contributed by atoms with E-state index in [0.29, 0.717) is 6.04 Å². The number of nitrogens with one attached hydrogen (secondary N) is 1. The van der Waals surface area contributed by atoms with Crippen molar-refractivity contribution in [2.24, 2.45) is 13.0 Å². The Labute approximate surface area is 120 Å². The minimum absolute atomic E-state index is 0.290. The van der Waals surface area contributed by atoms with E-state index in [9.17, 15) is 0 Å². The summed E-state index contributed by atoms with van der Waals surface area (Å²) in [5.74, 6) is 1.90. The highest BCUT2D eigenvalue weighted by Gasteiger charge is 2.16. The molecule has 0 saturated carbocycles. The van der Waals surface area contributed by atoms with E-state index in [0.717, 1.165) is 23.8 Å². The minimum atomic E-state index is 0.290. The van der Waals surface area contributed by atoms with E-state index >= 15 is 0 Å². The monoisotopic (exact) mass is 269 g/mol. The Kier molecular flexibility index (Phi) is 3.88. The summed E-state index contributed by atoms with van der Waals surface area (Å²) in [4.78, 5) is 4.76. The summed E-state index contributed by atoms with van der Waals surface area (Å²) >= 11 is 0. The predicted molar refractivity (Wildman–Crippen MR) is 83.6 cm³/mol. The van der Waals surface area contributed by atoms with Crippen LogP contribution < -0.4 is 5.32 Å². The molecule has 1 aromatic carbocycles. The van der Waals surface area contributed by atoms with Gasteiger partial charge in [-0.25, -0.2) is 4.98 Å². The molecule has 2 atom stereocenters. The molecule has 0 spiro atoms. The van der Waals surface area contributed by atoms with E-state index in [4.69, 9.17) is 4.98 Å². The molecule has 0 radical (unpaired) electrons. The van der Waals surface area contributed by atoms with Crippen molar-refractivity contribution in [3.8, 4) is 0 Å². The number of allylic oxidation sites excluding steroid dienone is 2. The normalized spacial score (nSPS) is 20.4. The van der Waals surface area contributed by atoms with Gasteiger partial charge in [0.2, 0.25) is 0 Å². The van der Waals surface area contributed by atoms with Gasteiger partial charge in [-0.15, -0.1) is 0 Å². The average molecular weight is 269 g/mol. The maximum atomic E-state index is 4.76. The number of para-hydroxylation sites is 2. The molecule has 0 amide bonds. The number of hydrogen-bond acceptors (Lipinski definition) is 2. The molecule has 2 aromatic rings. The van der Waals surface area contributed by atoms with Crippen molar-refractivity contribution in [3.05, 3.63) is 42.2 Å². The lowest BCUT2D eigenvalue weighted by atomic mass is 9.94. The summed E-state index contributed by atoms with van der Waals surface area (Å²) in [6.07, 6.45) is 8.36. The second kappa shape index (κ2) is 5.80. The van der Waals surface area contributed by atoms with Crippen molar-refractivity contribution in [2.45, 2.75) is 32.2 Å². The highest BCUT2D eigenvalue weighted by Crippen LogP contribution is 2.21. The second-order valence-corrected chi connectivity index (χ2v) is 5.80. The van der Waals surface area contributed by atoms with Crippen LogP contribution in [0, 0.1) is 5.92 Å². The standard InChI is InChI=1S/C17H23N3/c1-13(18-12-14-8-4-3-5-9-14)17-19-15-10-6-7-11-16(15)20(17)2/h3-4,6-7,10-11,13-14,18H,5,8-9,12H2,1-2H3. The number of imidazole rings is 1. The third-order valence-corrected chi connectivity index (χ3v) is 4.30. The first-order chi connectivity index (χ1) is 9.75. The van der Waals surface area contributed by atoms with Gasteiger partial charge in [-0.2, -0.15) is 0 Å². The molecule has 1 aliphatic rings. The zero-order chi connectivity index (χ0) is 13.9. The zero-order valence-corrected chi connectivity index (χ0v) is 12.3. The van der Waals surface area contributed by atoms with Crippen molar-refractivity contribution < 1.29 is 0 Å². The first-order valence-corrected chi connectivity index (χ1v) is 7.55. The molecule has 1 aliphatic carbocycles. The van der Waals surface area contributed by atoms with Crippen molar-refractivity contribution in [1.29, 1.82) is 0 Å². The number of aromatic nitrogens is 2. The number of fused-ring (bicyclic) bond motifs is 1. The van der Waals surface area contributed by atoms with E-state index in [1.165, 1.54) is 24.8 Å². The fourth-order valence-electron chi connectivity index (χ4n) is 3.03. The third-order valence-electron chi connectivity index (χ3n) is 4.30. The van der Waals surface area contributed by atoms with Crippen molar-refractivity contribution in [2.75, 3.05) is 6.54 Å². The van der Waals surface area contributed by atoms with Gasteiger partial charge in [0.05, 0.1) is 17.1 Å². The van der Waals surface area contributed by atoms with Gasteiger partial charge in [0.1, 0.15) is 5.82 Å². The molecule has 3 nitrogen and oxygen atoms in total. The van der Waals surface area contributed by atoms with Gasteiger partial charge in [-0.05, 0) is 50.8 Å². The first kappa shape index (κ1) is 13.4. The molecule has 0 aliphatic heterocycles. The van der Waals surface area contributed by atoms with Crippen LogP contribution in [0.5, 0.6) is 0 Å². The maximum Gasteiger partial charge on any atom is 0.126 e. The molecule has 2 unspecified atom stereocenters. The van der Waals surface area contributed by atoms with Gasteiger partial charge in [0.25, 0.3) is 0 Å². The summed E-state index contributed by atoms with van der Waals surface area (Å²) in [6, 6.07) is 8.62. The van der Waals surface area contributed by atoms with Crippen molar-refractivity contribution >= 4 is 11.0 Å². The van der Waals surface area contributed by atoms with Crippen LogP contribution in [-0.2, 0) is 7.05 Å². The number of rotatable bonds is 4. The van der Waals surface area contributed by atoms with Gasteiger partial charge < -0.3 is 9.88 Å². The molecule has 3 heteroatoms. The van der Waals surface area contributed by atoms with Gasteiger partial charge >= 0.3 is 0 Å². The van der Waals surface area contributed by atoms with Crippen LogP contribution >= 0.6 is 0 Å². The highest BCUT2D eigenvalue weighted by atomic mass is 15.1. The Bertz CT molecular complexity index is 612. The molecule has 20 heavy (non-hydrogen) atoms. The lowest BCUT2D eigenvalue weighted by Gasteiger charge is -2.21. The van der Waals surface area contributed by atoms with Crippen molar-refractivity contribution in [1.82, 2.24) is 14.9 Å². The van der Waals surface area contributed by atoms with E-state index in [2.05, 4.69) is 54.2 Å². The van der Waals surface area contributed by atoms with Crippen LogP contribution in [0.4, 0.5) is 0 Å². The van der Waals surface area contributed by atoms with Crippen LogP contribution in [0.3, 0.4) is 0 Å². The molecule has 1 aromatic heterocycles. The van der Waals surface area contributed by atoms with E-state index in [1.807, 2.05) is 6.07 Å². The smallest absolute Gasteiger partial charge is 0.126 e. The summed E-state index contributed by atoms with van der Waals surface area (Å²) in [5, 5.41) is 3.65. The number of benzene rings is 1. The molecule has 0 fully saturated rings. The summed E-state index contributed by atoms with van der Waals surface area (Å²) in [5.41, 5.74) is 2.29. The largest absolute Gasteiger partial charge is 0.330 e. The van der Waals surface area contributed by atoms with E-state index in [-0.39, 0.29) is 0 Å². The topological polar surface area (TPSA) is 29.9 Å². The molecular weight excluding hydrogens is 246 g/mol. The van der Waals surface area contributed by atoms with Gasteiger partial charge in [-0.3, -0.25) is 0 Å². The molecule has 0 bridgehead atoms. The first-order valence-electron chi connectivity index (χ1n) is 7.55. The SMILES string of the molecule is CC(NCC1CC=CCC1)c1nc2ccccc2n1C. The summed E-state index contributed by atoms with van der Waals surface area (Å²) < 4.78 is 2.20. The van der Waals surface area contributed by atoms with Crippen LogP contribution in [-0.4, -0.2) is 16.1 Å². The molecule has 1 heterocycles. The second-order valence-electron chi connectivity index (χ2n) is 5.80. The lowest BCUT2D eigenvalue weighted by molar-refractivity contribution is 0.406. The Morgan fingerprint density at radius 2 is 2.20 bits per heavy atom. The summed E-state index contributed by atoms with van der Waals surface area (Å²) in [7, 11) is 2.10. The number of aryl methyl sites for hydroxylation is 1. The molecular formula is C17H23N3. The van der Waals surface area contributed by atoms with E-state index in [1.54, 1.807) is 0 Å². The van der Waals surface area contributed by atoms with Crippen LogP contribution in [0.25, 0.3) is 11.0 Å². The van der Waals surface area contributed by atoms with Crippen LogP contribution in [0.1, 0.15) is 38.1 Å². The fourth-order valence-corrected chi connectivity index (χ4v) is 3.03. The Hall–Kier alpha value is -1.61. The zero-order valence-electron chi connectivity index (χ0n) is 12.3. The summed E-state index contributed by atoms with van der Waals surface area (Å²) in [6.45, 7) is 3.29. The average Bonchev–Trinajstić information content (AvgIpc) is 2.84. The van der Waals surface area contributed by atoms with Crippen LogP contribution in [0.15, 0.2) is 36.4 Å². The molecule has 3 rings (SSSR count). The predicted octanol–water partition coefficient (Wildman–Crippen LogP) is 3.58. The molecule has 106 valence electrons. The number of nitrogens with zero attached hydrogens (tertiary/aromatic N) is 2. The van der Waals surface area contributed by atoms with E-state index < -0.39 is 0 Å². The van der Waals surface area contributed by atoms with Gasteiger partial charge in [0.15, 0.2) is 0 Å². The minimum Gasteiger partial charge on any atom is -0.330 e. The Morgan fingerprint density at radius 3 is 2.95 bits per heavy atom. The third kappa shape index (κ3) is 2.63. The quantitative estimate of drug-likeness (QED) is 0.860. The van der Waals surface area contributed by atoms with Gasteiger partial charge in [0, 0.05) is 7.05 Å². The number of hydrogen-bond donors (Lipinski definition) is 1. The van der Waals surface area contributed by atoms with Crippen LogP contribution in [0.2, 0.25) is 0 Å². The Balaban J connectivity index is 1.70. The Morgan fingerprint density at radius 1 is 1.35 bits per heavy atom. The lowest BCUT2D eigenvalue weighted by Crippen LogP contribution is -2.27. The molecule has 0 saturated heterocycles. The fraction of sp³-hybridized carbons (Fsp3) is 0.471.